The molecule has 0 atom stereocenters. The summed E-state index contributed by atoms with van der Waals surface area (Å²) in [4.78, 5) is 8.78. The van der Waals surface area contributed by atoms with Crippen LogP contribution in [0.15, 0.2) is 12.2 Å². The van der Waals surface area contributed by atoms with Gasteiger partial charge >= 0.3 is 6.09 Å². The summed E-state index contributed by atoms with van der Waals surface area (Å²) < 4.78 is 0. The molecule has 70 valence electrons. The third-order valence-electron chi connectivity index (χ3n) is 1.66. The third kappa shape index (κ3) is 11.8. The van der Waals surface area contributed by atoms with E-state index in [1.165, 1.54) is 38.5 Å². The van der Waals surface area contributed by atoms with Crippen LogP contribution in [0.5, 0.6) is 0 Å². The molecule has 0 heterocycles. The number of nitrogens with two attached hydrogens (primary N) is 1. The molecule has 0 aliphatic heterocycles. The summed E-state index contributed by atoms with van der Waals surface area (Å²) in [5, 5.41) is 7.19. The first-order valence-electron chi connectivity index (χ1n) is 4.37. The monoisotopic (exact) mass is 171 g/mol. The van der Waals surface area contributed by atoms with Gasteiger partial charge in [0.2, 0.25) is 0 Å². The van der Waals surface area contributed by atoms with Crippen LogP contribution < -0.4 is 5.73 Å². The highest BCUT2D eigenvalue weighted by atomic mass is 16.4. The van der Waals surface area contributed by atoms with E-state index in [1.54, 1.807) is 0 Å². The van der Waals surface area contributed by atoms with Crippen LogP contribution >= 0.6 is 0 Å². The fourth-order valence-electron chi connectivity index (χ4n) is 1.11. The van der Waals surface area contributed by atoms with E-state index in [0.29, 0.717) is 0 Å². The van der Waals surface area contributed by atoms with Gasteiger partial charge in [-0.3, -0.25) is 0 Å². The van der Waals surface area contributed by atoms with Gasteiger partial charge in [0.25, 0.3) is 0 Å². The zero-order valence-corrected chi connectivity index (χ0v) is 7.33. The maximum atomic E-state index is 8.78. The predicted octanol–water partition coefficient (Wildman–Crippen LogP) is 2.52. The van der Waals surface area contributed by atoms with Crippen molar-refractivity contribution < 1.29 is 9.90 Å². The summed E-state index contributed by atoms with van der Waals surface area (Å²) in [6.45, 7) is 0. The van der Waals surface area contributed by atoms with Crippen molar-refractivity contribution in [3.8, 4) is 0 Å². The van der Waals surface area contributed by atoms with Crippen molar-refractivity contribution in [1.82, 2.24) is 0 Å². The van der Waals surface area contributed by atoms with Crippen molar-refractivity contribution >= 4 is 6.09 Å². The molecule has 3 nitrogen and oxygen atoms in total. The average molecular weight is 171 g/mol. The number of amides is 1. The Morgan fingerprint density at radius 2 is 1.42 bits per heavy atom. The lowest BCUT2D eigenvalue weighted by atomic mass is 10.1. The van der Waals surface area contributed by atoms with E-state index >= 15 is 0 Å². The molecule has 1 rings (SSSR count). The molecule has 0 aromatic rings. The third-order valence-corrected chi connectivity index (χ3v) is 1.66. The maximum Gasteiger partial charge on any atom is 0.402 e. The van der Waals surface area contributed by atoms with Gasteiger partial charge in [-0.05, 0) is 25.7 Å². The number of carbonyl (C=O) groups is 1. The molecule has 0 saturated heterocycles. The molecule has 0 bridgehead atoms. The maximum absolute atomic E-state index is 8.78. The van der Waals surface area contributed by atoms with Crippen LogP contribution in [-0.4, -0.2) is 11.2 Å². The first kappa shape index (κ1) is 11.0. The Labute approximate surface area is 73.3 Å². The molecule has 12 heavy (non-hydrogen) atoms. The first-order chi connectivity index (χ1) is 5.73. The van der Waals surface area contributed by atoms with Gasteiger partial charge in [0.1, 0.15) is 0 Å². The number of primary amides is 1. The fourth-order valence-corrected chi connectivity index (χ4v) is 1.11. The highest BCUT2D eigenvalue weighted by molar-refractivity contribution is 5.61. The Bertz CT molecular complexity index is 129. The number of hydrogen-bond acceptors (Lipinski definition) is 1. The molecule has 0 aromatic carbocycles. The van der Waals surface area contributed by atoms with Crippen molar-refractivity contribution in [2.45, 2.75) is 38.5 Å². The lowest BCUT2D eigenvalue weighted by molar-refractivity contribution is 0.205. The molecule has 3 heteroatoms. The van der Waals surface area contributed by atoms with Gasteiger partial charge in [0.15, 0.2) is 0 Å². The van der Waals surface area contributed by atoms with E-state index in [-0.39, 0.29) is 0 Å². The molecule has 0 aromatic heterocycles. The van der Waals surface area contributed by atoms with E-state index in [0.717, 1.165) is 0 Å². The molecular formula is C9H17NO2. The summed E-state index contributed by atoms with van der Waals surface area (Å²) in [6, 6.07) is 0. The number of hydrogen-bond donors (Lipinski definition) is 2. The Balaban J connectivity index is 0.000000261. The molecule has 0 radical (unpaired) electrons. The molecule has 0 spiro atoms. The van der Waals surface area contributed by atoms with Gasteiger partial charge in [0, 0.05) is 0 Å². The lowest BCUT2D eigenvalue weighted by Gasteiger charge is -2.00. The van der Waals surface area contributed by atoms with Crippen molar-refractivity contribution in [2.75, 3.05) is 0 Å². The second-order valence-electron chi connectivity index (χ2n) is 2.80. The zero-order chi connectivity index (χ0) is 9.23. The van der Waals surface area contributed by atoms with E-state index in [4.69, 9.17) is 9.90 Å². The lowest BCUT2D eigenvalue weighted by Crippen LogP contribution is -2.03. The Morgan fingerprint density at radius 3 is 1.75 bits per heavy atom. The summed E-state index contributed by atoms with van der Waals surface area (Å²) in [7, 11) is 0. The van der Waals surface area contributed by atoms with Crippen LogP contribution in [0.1, 0.15) is 38.5 Å². The van der Waals surface area contributed by atoms with E-state index in [2.05, 4.69) is 17.9 Å². The summed E-state index contributed by atoms with van der Waals surface area (Å²) in [6.07, 6.45) is 11.7. The van der Waals surface area contributed by atoms with Gasteiger partial charge < -0.3 is 10.8 Å². The average Bonchev–Trinajstić information content (AvgIpc) is 1.82. The van der Waals surface area contributed by atoms with Gasteiger partial charge in [0.05, 0.1) is 0 Å². The number of rotatable bonds is 0. The van der Waals surface area contributed by atoms with Gasteiger partial charge in [-0.1, -0.05) is 25.0 Å². The minimum absolute atomic E-state index is 1.32. The predicted molar refractivity (Wildman–Crippen MR) is 49.1 cm³/mol. The van der Waals surface area contributed by atoms with E-state index in [9.17, 15) is 0 Å². The van der Waals surface area contributed by atoms with Gasteiger partial charge in [-0.15, -0.1) is 0 Å². The molecular weight excluding hydrogens is 154 g/mol. The normalized spacial score (nSPS) is 16.7. The van der Waals surface area contributed by atoms with Crippen LogP contribution in [0.4, 0.5) is 4.79 Å². The van der Waals surface area contributed by atoms with Crippen LogP contribution in [0.2, 0.25) is 0 Å². The van der Waals surface area contributed by atoms with Gasteiger partial charge in [-0.25, -0.2) is 4.79 Å². The van der Waals surface area contributed by atoms with Crippen LogP contribution in [-0.2, 0) is 0 Å². The largest absolute Gasteiger partial charge is 0.465 e. The standard InChI is InChI=1S/C8H14.CH3NO2/c1-2-4-6-8-7-5-3-1;2-1(3)4/h1-2H,3-8H2;2H2,(H,3,4). The van der Waals surface area contributed by atoms with Gasteiger partial charge in [-0.2, -0.15) is 0 Å². The molecule has 1 amide bonds. The second kappa shape index (κ2) is 8.11. The van der Waals surface area contributed by atoms with Crippen LogP contribution in [0.3, 0.4) is 0 Å². The van der Waals surface area contributed by atoms with Crippen LogP contribution in [0.25, 0.3) is 0 Å². The Hall–Kier alpha value is -0.990. The minimum Gasteiger partial charge on any atom is -0.465 e. The molecule has 0 saturated carbocycles. The smallest absolute Gasteiger partial charge is 0.402 e. The summed E-state index contributed by atoms with van der Waals surface area (Å²) in [5.74, 6) is 0. The Morgan fingerprint density at radius 1 is 1.08 bits per heavy atom. The molecule has 1 aliphatic carbocycles. The fraction of sp³-hybridized carbons (Fsp3) is 0.667. The summed E-state index contributed by atoms with van der Waals surface area (Å²) >= 11 is 0. The first-order valence-corrected chi connectivity index (χ1v) is 4.37. The quantitative estimate of drug-likeness (QED) is 0.550. The number of carboxylic acid groups (broad SMARTS) is 1. The van der Waals surface area contributed by atoms with Crippen molar-refractivity contribution in [3.05, 3.63) is 12.2 Å². The van der Waals surface area contributed by atoms with Crippen molar-refractivity contribution in [3.63, 3.8) is 0 Å². The minimum atomic E-state index is -1.33. The van der Waals surface area contributed by atoms with Crippen molar-refractivity contribution in [2.24, 2.45) is 5.73 Å². The van der Waals surface area contributed by atoms with E-state index < -0.39 is 6.09 Å². The Kier molecular flexibility index (Phi) is 7.44. The zero-order valence-electron chi connectivity index (χ0n) is 7.33. The van der Waals surface area contributed by atoms with Crippen LogP contribution in [0, 0.1) is 0 Å². The van der Waals surface area contributed by atoms with E-state index in [1.807, 2.05) is 0 Å². The SMILES string of the molecule is C1=CCCCCCC1.NC(=O)O. The molecule has 1 aliphatic rings. The topological polar surface area (TPSA) is 63.3 Å². The molecule has 0 unspecified atom stereocenters. The second-order valence-corrected chi connectivity index (χ2v) is 2.80. The van der Waals surface area contributed by atoms with Crippen molar-refractivity contribution in [1.29, 1.82) is 0 Å². The molecule has 3 N–H and O–H groups in total. The number of allylic oxidation sites excluding steroid dienone is 2. The molecule has 0 fully saturated rings. The summed E-state index contributed by atoms with van der Waals surface area (Å²) in [5.41, 5.74) is 4.03. The highest BCUT2D eigenvalue weighted by Gasteiger charge is 1.89. The highest BCUT2D eigenvalue weighted by Crippen LogP contribution is 2.09.